The molecule has 1 unspecified atom stereocenters. The molecule has 5 N–H and O–H groups in total. The van der Waals surface area contributed by atoms with Crippen LogP contribution in [0.15, 0.2) is 30.3 Å². The van der Waals surface area contributed by atoms with Crippen LogP contribution in [0.1, 0.15) is 22.7 Å². The van der Waals surface area contributed by atoms with E-state index in [9.17, 15) is 13.2 Å². The molecule has 0 aliphatic rings. The average molecular weight is 281 g/mol. The lowest BCUT2D eigenvalue weighted by atomic mass is 9.95. The normalized spacial score (nSPS) is 12.4. The largest absolute Gasteiger partial charge is 0.398 e. The third-order valence-electron chi connectivity index (χ3n) is 3.13. The number of hydrazine groups is 1. The van der Waals surface area contributed by atoms with Gasteiger partial charge in [-0.15, -0.1) is 0 Å². The third kappa shape index (κ3) is 2.48. The van der Waals surface area contributed by atoms with Gasteiger partial charge in [0.15, 0.2) is 0 Å². The molecule has 0 radical (unpaired) electrons. The number of halogens is 3. The Labute approximate surface area is 114 Å². The Morgan fingerprint density at radius 1 is 1.10 bits per heavy atom. The van der Waals surface area contributed by atoms with E-state index in [-0.39, 0.29) is 22.4 Å². The molecule has 0 saturated heterocycles. The van der Waals surface area contributed by atoms with Gasteiger partial charge in [-0.05, 0) is 36.8 Å². The molecule has 2 rings (SSSR count). The molecule has 0 fully saturated rings. The van der Waals surface area contributed by atoms with Gasteiger partial charge < -0.3 is 5.73 Å². The Kier molecular flexibility index (Phi) is 3.96. The molecule has 6 heteroatoms. The van der Waals surface area contributed by atoms with Crippen molar-refractivity contribution in [3.63, 3.8) is 0 Å². The second kappa shape index (κ2) is 5.52. The van der Waals surface area contributed by atoms with E-state index in [1.807, 2.05) is 0 Å². The Hall–Kier alpha value is -2.05. The van der Waals surface area contributed by atoms with Crippen LogP contribution in [-0.2, 0) is 0 Å². The number of nitrogens with two attached hydrogens (primary N) is 2. The van der Waals surface area contributed by atoms with Crippen molar-refractivity contribution < 1.29 is 13.2 Å². The number of anilines is 1. The number of hydrogen-bond acceptors (Lipinski definition) is 3. The first-order chi connectivity index (χ1) is 9.45. The Morgan fingerprint density at radius 3 is 2.45 bits per heavy atom. The predicted octanol–water partition coefficient (Wildman–Crippen LogP) is 2.55. The summed E-state index contributed by atoms with van der Waals surface area (Å²) < 4.78 is 41.4. The highest BCUT2D eigenvalue weighted by molar-refractivity contribution is 5.52. The van der Waals surface area contributed by atoms with E-state index in [2.05, 4.69) is 5.43 Å². The maximum Gasteiger partial charge on any atom is 0.134 e. The average Bonchev–Trinajstić information content (AvgIpc) is 2.42. The van der Waals surface area contributed by atoms with Crippen LogP contribution in [-0.4, -0.2) is 0 Å². The van der Waals surface area contributed by atoms with Gasteiger partial charge in [-0.2, -0.15) is 0 Å². The third-order valence-corrected chi connectivity index (χ3v) is 3.13. The first-order valence-electron chi connectivity index (χ1n) is 5.91. The second-order valence-electron chi connectivity index (χ2n) is 4.46. The first-order valence-corrected chi connectivity index (χ1v) is 5.91. The number of nitrogen functional groups attached to an aromatic ring is 1. The SMILES string of the molecule is Cc1ccc(F)c(C(NN)c2cc(F)ccc2N)c1F. The van der Waals surface area contributed by atoms with E-state index in [1.54, 1.807) is 0 Å². The minimum absolute atomic E-state index is 0.177. The van der Waals surface area contributed by atoms with Gasteiger partial charge in [0.1, 0.15) is 17.5 Å². The number of hydrogen-bond donors (Lipinski definition) is 3. The summed E-state index contributed by atoms with van der Waals surface area (Å²) in [5.41, 5.74) is 8.36. The highest BCUT2D eigenvalue weighted by Crippen LogP contribution is 2.31. The number of rotatable bonds is 3. The first kappa shape index (κ1) is 14.4. The van der Waals surface area contributed by atoms with Crippen molar-refractivity contribution in [2.24, 2.45) is 5.84 Å². The number of nitrogens with one attached hydrogen (secondary N) is 1. The van der Waals surface area contributed by atoms with Crippen LogP contribution >= 0.6 is 0 Å². The van der Waals surface area contributed by atoms with Crippen molar-refractivity contribution in [1.29, 1.82) is 0 Å². The van der Waals surface area contributed by atoms with Gasteiger partial charge >= 0.3 is 0 Å². The zero-order valence-corrected chi connectivity index (χ0v) is 10.8. The van der Waals surface area contributed by atoms with Gasteiger partial charge in [0, 0.05) is 16.8 Å². The molecule has 0 aliphatic heterocycles. The van der Waals surface area contributed by atoms with Crippen LogP contribution in [0.5, 0.6) is 0 Å². The van der Waals surface area contributed by atoms with Crippen LogP contribution in [0.25, 0.3) is 0 Å². The van der Waals surface area contributed by atoms with Crippen molar-refractivity contribution in [2.75, 3.05) is 5.73 Å². The minimum atomic E-state index is -1.08. The van der Waals surface area contributed by atoms with Crippen LogP contribution < -0.4 is 17.0 Å². The summed E-state index contributed by atoms with van der Waals surface area (Å²) in [6.07, 6.45) is 0. The lowest BCUT2D eigenvalue weighted by Crippen LogP contribution is -2.31. The summed E-state index contributed by atoms with van der Waals surface area (Å²) in [6.45, 7) is 1.50. The Bertz CT molecular complexity index is 644. The summed E-state index contributed by atoms with van der Waals surface area (Å²) in [5, 5.41) is 0. The maximum atomic E-state index is 14.1. The van der Waals surface area contributed by atoms with Gasteiger partial charge in [-0.1, -0.05) is 6.07 Å². The lowest BCUT2D eigenvalue weighted by Gasteiger charge is -2.20. The number of aryl methyl sites for hydroxylation is 1. The molecule has 106 valence electrons. The fourth-order valence-corrected chi connectivity index (χ4v) is 2.07. The summed E-state index contributed by atoms with van der Waals surface area (Å²) >= 11 is 0. The summed E-state index contributed by atoms with van der Waals surface area (Å²) in [7, 11) is 0. The molecule has 0 heterocycles. The molecule has 0 saturated carbocycles. The lowest BCUT2D eigenvalue weighted by molar-refractivity contribution is 0.505. The monoisotopic (exact) mass is 281 g/mol. The molecule has 2 aromatic rings. The minimum Gasteiger partial charge on any atom is -0.398 e. The predicted molar refractivity (Wildman–Crippen MR) is 71.1 cm³/mol. The van der Waals surface area contributed by atoms with Crippen molar-refractivity contribution in [3.05, 3.63) is 64.5 Å². The van der Waals surface area contributed by atoms with E-state index in [1.165, 1.54) is 19.1 Å². The molecule has 0 spiro atoms. The molecule has 2 aromatic carbocycles. The van der Waals surface area contributed by atoms with E-state index in [0.717, 1.165) is 18.2 Å². The molecular weight excluding hydrogens is 267 g/mol. The van der Waals surface area contributed by atoms with Crippen LogP contribution in [0.2, 0.25) is 0 Å². The molecule has 0 bridgehead atoms. The molecular formula is C14H14F3N3. The standard InChI is InChI=1S/C14H14F3N3/c1-7-2-4-10(16)12(13(7)17)14(20-19)9-6-8(15)3-5-11(9)18/h2-6,14,20H,18-19H2,1H3. The van der Waals surface area contributed by atoms with Gasteiger partial charge in [0.05, 0.1) is 6.04 Å². The molecule has 3 nitrogen and oxygen atoms in total. The van der Waals surface area contributed by atoms with Gasteiger partial charge in [-0.3, -0.25) is 5.84 Å². The van der Waals surface area contributed by atoms with Gasteiger partial charge in [0.25, 0.3) is 0 Å². The fourth-order valence-electron chi connectivity index (χ4n) is 2.07. The van der Waals surface area contributed by atoms with Crippen molar-refractivity contribution in [3.8, 4) is 0 Å². The Balaban J connectivity index is 2.64. The van der Waals surface area contributed by atoms with E-state index in [4.69, 9.17) is 11.6 Å². The van der Waals surface area contributed by atoms with E-state index < -0.39 is 23.5 Å². The zero-order chi connectivity index (χ0) is 14.9. The quantitative estimate of drug-likeness (QED) is 0.460. The molecule has 0 amide bonds. The molecule has 1 atom stereocenters. The summed E-state index contributed by atoms with van der Waals surface area (Å²) in [6, 6.07) is 4.95. The summed E-state index contributed by atoms with van der Waals surface area (Å²) in [4.78, 5) is 0. The topological polar surface area (TPSA) is 64.1 Å². The maximum absolute atomic E-state index is 14.1. The highest BCUT2D eigenvalue weighted by atomic mass is 19.1. The van der Waals surface area contributed by atoms with E-state index >= 15 is 0 Å². The van der Waals surface area contributed by atoms with Crippen molar-refractivity contribution >= 4 is 5.69 Å². The Morgan fingerprint density at radius 2 is 1.80 bits per heavy atom. The second-order valence-corrected chi connectivity index (χ2v) is 4.46. The van der Waals surface area contributed by atoms with Crippen LogP contribution in [0, 0.1) is 24.4 Å². The zero-order valence-electron chi connectivity index (χ0n) is 10.8. The highest BCUT2D eigenvalue weighted by Gasteiger charge is 2.24. The van der Waals surface area contributed by atoms with Gasteiger partial charge in [0.2, 0.25) is 0 Å². The smallest absolute Gasteiger partial charge is 0.134 e. The van der Waals surface area contributed by atoms with Crippen LogP contribution in [0.3, 0.4) is 0 Å². The number of benzene rings is 2. The van der Waals surface area contributed by atoms with Crippen molar-refractivity contribution in [2.45, 2.75) is 13.0 Å². The fraction of sp³-hybridized carbons (Fsp3) is 0.143. The molecule has 20 heavy (non-hydrogen) atoms. The van der Waals surface area contributed by atoms with Gasteiger partial charge in [-0.25, -0.2) is 18.6 Å². The van der Waals surface area contributed by atoms with Crippen molar-refractivity contribution in [1.82, 2.24) is 5.43 Å². The van der Waals surface area contributed by atoms with Crippen LogP contribution in [0.4, 0.5) is 18.9 Å². The molecule has 0 aromatic heterocycles. The molecule has 0 aliphatic carbocycles. The van der Waals surface area contributed by atoms with E-state index in [0.29, 0.717) is 0 Å². The summed E-state index contributed by atoms with van der Waals surface area (Å²) in [5.74, 6) is 3.30.